The maximum atomic E-state index is 14.4. The minimum absolute atomic E-state index is 0. The molecule has 7 aromatic rings. The average Bonchev–Trinajstić information content (AvgIpc) is 0.779. The zero-order valence-corrected chi connectivity index (χ0v) is 73.3. The molecule has 0 aliphatic rings. The predicted molar refractivity (Wildman–Crippen MR) is 441 cm³/mol. The lowest BCUT2D eigenvalue weighted by molar-refractivity contribution is -0.408. The number of carboxylic acids is 1. The van der Waals surface area contributed by atoms with Gasteiger partial charge >= 0.3 is 49.9 Å². The van der Waals surface area contributed by atoms with Gasteiger partial charge in [-0.25, -0.2) is 46.3 Å². The van der Waals surface area contributed by atoms with E-state index in [0.717, 1.165) is 55.2 Å². The lowest BCUT2D eigenvalue weighted by atomic mass is 10.1. The number of benzene rings is 7. The first-order chi connectivity index (χ1) is 54.2. The second kappa shape index (κ2) is 56.8. The Morgan fingerprint density at radius 3 is 1.01 bits per heavy atom. The highest BCUT2D eigenvalue weighted by Gasteiger charge is 2.41. The van der Waals surface area contributed by atoms with Crippen LogP contribution in [0.25, 0.3) is 0 Å². The number of halogens is 9. The van der Waals surface area contributed by atoms with Gasteiger partial charge < -0.3 is 76.2 Å². The molecule has 0 bridgehead atoms. The summed E-state index contributed by atoms with van der Waals surface area (Å²) in [7, 11) is -5.07. The Morgan fingerprint density at radius 1 is 0.419 bits per heavy atom. The zero-order valence-electron chi connectivity index (χ0n) is 68.4. The third-order valence-corrected chi connectivity index (χ3v) is 18.2. The van der Waals surface area contributed by atoms with Crippen molar-refractivity contribution in [2.24, 2.45) is 0 Å². The van der Waals surface area contributed by atoms with Gasteiger partial charge in [0.25, 0.3) is 0 Å². The highest BCUT2D eigenvalue weighted by Crippen LogP contribution is 2.57. The number of ether oxygens (including phenoxy) is 5. The maximum Gasteiger partial charge on any atom is 0.513 e. The first-order valence-corrected chi connectivity index (χ1v) is 42.7. The van der Waals surface area contributed by atoms with Crippen LogP contribution in [-0.2, 0) is 77.7 Å². The average molecular weight is 1770 g/mol. The molecule has 5 atom stereocenters. The lowest BCUT2D eigenvalue weighted by Gasteiger charge is -2.26. The Morgan fingerprint density at radius 2 is 0.701 bits per heavy atom. The number of alkyl carbamates (subject to hydrolysis) is 2. The lowest BCUT2D eigenvalue weighted by Crippen LogP contribution is -3.00. The van der Waals surface area contributed by atoms with E-state index in [1.807, 2.05) is 133 Å². The van der Waals surface area contributed by atoms with Gasteiger partial charge in [-0.15, -0.1) is 12.4 Å². The van der Waals surface area contributed by atoms with Crippen LogP contribution in [-0.4, -0.2) is 106 Å². The molecule has 0 heterocycles. The number of rotatable bonds is 33. The molecular formula is C84H113Cl4F5N4O18P2. The number of esters is 3. The molecule has 0 aliphatic heterocycles. The van der Waals surface area contributed by atoms with Crippen molar-refractivity contribution < 1.29 is 125 Å². The molecule has 0 unspecified atom stereocenters. The fourth-order valence-corrected chi connectivity index (χ4v) is 12.1. The molecule has 117 heavy (non-hydrogen) atoms. The number of nitrogens with one attached hydrogen (secondary N) is 3. The van der Waals surface area contributed by atoms with Crippen LogP contribution in [0.2, 0.25) is 0 Å². The van der Waals surface area contributed by atoms with E-state index in [1.165, 1.54) is 24.3 Å². The highest BCUT2D eigenvalue weighted by molar-refractivity contribution is 8.05. The zero-order chi connectivity index (χ0) is 86.5. The molecule has 22 nitrogen and oxygen atoms in total. The SMILES string of the molecule is CC(C)(C)OC(=O)N[C@@H](Cc1ccccc1)C(=O)O.CCC(CC)OC(=O)[C@@H]([NH3+])Cc1ccccc1.CCC(CC)OC(=O)[C@H](Cc1ccccc1)NC(=O)OC(C)(C)C.CCC(CC)OC(=O)[C@H](Cc1ccccc1)N[P@](=O)(Oc1ccccc1)Oc1c(F)c(F)c(F)c(F)c1F.CCC(O)CC.Cl.O=P(Cl)(Cl)Oc1ccccc1.[Cl-]. The molecule has 0 aromatic heterocycles. The second-order valence-corrected chi connectivity index (χ2v) is 33.5. The molecule has 0 radical (unpaired) electrons. The molecule has 650 valence electrons. The molecular weight excluding hydrogens is 1650 g/mol. The standard InChI is InChI=1S/C26H25F5NO5P.C19H29NO4.C14H19NO4.C14H21NO2.C6H5Cl2O2P.C5H12O.2ClH/c1-3-17(4-2)35-26(33)19(15-16-11-7-5-8-12-16)32-38(34,36-18-13-9-6-10-14-18)37-25-23(30)21(28)20(27)22(29)24(25)31;1-6-15(7-2)23-17(21)16(13-14-11-9-8-10-12-14)20-18(22)24-19(3,4)5;1-14(2,3)19-13(18)15-11(12(16)17)9-10-7-5-4-6-8-10;1-3-12(4-2)17-14(16)13(15)10-11-8-6-5-7-9-11;7-11(8,9)10-6-4-2-1-3-5-6;1-3-5(6)4-2;;/h5-14,17,19H,3-4,15H2,1-2H3,(H,32,34);8-12,15-16H,6-7,13H2,1-5H3,(H,20,22);4-8,11H,9H2,1-3H3,(H,15,18)(H,16,17);5-9,12-13H,3-4,10,15H2,1-2H3;1-5H;5-6H,3-4H2,1-2H3;2*1H/t19-,38-;16-;11-;13-;;;;/m0000..../s1. The van der Waals surface area contributed by atoms with Gasteiger partial charge in [-0.05, 0) is 146 Å². The van der Waals surface area contributed by atoms with Gasteiger partial charge in [0.15, 0.2) is 6.04 Å². The van der Waals surface area contributed by atoms with Crippen molar-refractivity contribution in [3.8, 4) is 17.2 Å². The van der Waals surface area contributed by atoms with E-state index in [-0.39, 0.29) is 73.7 Å². The topological polar surface area (TPSA) is 315 Å². The molecule has 7 aromatic carbocycles. The number of para-hydroxylation sites is 2. The summed E-state index contributed by atoms with van der Waals surface area (Å²) < 4.78 is 136. The first-order valence-electron chi connectivity index (χ1n) is 37.7. The fourth-order valence-electron chi connectivity index (χ4n) is 9.69. The smallest absolute Gasteiger partial charge is 0.513 e. The van der Waals surface area contributed by atoms with E-state index >= 15 is 0 Å². The molecule has 0 spiro atoms. The number of aliphatic hydroxyl groups is 1. The van der Waals surface area contributed by atoms with Gasteiger partial charge in [0.1, 0.15) is 59.1 Å². The first kappa shape index (κ1) is 109. The second-order valence-electron chi connectivity index (χ2n) is 27.7. The quantitative estimate of drug-likeness (QED) is 0.00556. The van der Waals surface area contributed by atoms with E-state index in [0.29, 0.717) is 37.0 Å². The van der Waals surface area contributed by atoms with Gasteiger partial charge in [0.2, 0.25) is 34.8 Å². The molecule has 33 heteroatoms. The number of carbonyl (C=O) groups is 6. The predicted octanol–water partition coefficient (Wildman–Crippen LogP) is 16.8. The number of hydrogen-bond acceptors (Lipinski definition) is 17. The normalized spacial score (nSPS) is 12.4. The number of carboxylic acid groups (broad SMARTS) is 1. The van der Waals surface area contributed by atoms with Crippen molar-refractivity contribution >= 4 is 84.8 Å². The van der Waals surface area contributed by atoms with E-state index in [1.54, 1.807) is 122 Å². The summed E-state index contributed by atoms with van der Waals surface area (Å²) in [4.78, 5) is 72.1. The Hall–Kier alpha value is -8.49. The summed E-state index contributed by atoms with van der Waals surface area (Å²) in [6.07, 6.45) is 1.54. The van der Waals surface area contributed by atoms with Crippen molar-refractivity contribution in [2.75, 3.05) is 0 Å². The Kier molecular flexibility index (Phi) is 52.7. The van der Waals surface area contributed by atoms with Crippen LogP contribution in [0.1, 0.15) is 171 Å². The fraction of sp³-hybridized carbons (Fsp3) is 0.429. The number of amides is 2. The van der Waals surface area contributed by atoms with Crippen molar-refractivity contribution in [3.05, 3.63) is 233 Å². The van der Waals surface area contributed by atoms with Crippen LogP contribution in [0.5, 0.6) is 17.2 Å². The van der Waals surface area contributed by atoms with Gasteiger partial charge in [-0.3, -0.25) is 4.79 Å². The highest BCUT2D eigenvalue weighted by atomic mass is 35.9. The Balaban J connectivity index is 0.00000148. The van der Waals surface area contributed by atoms with Crippen LogP contribution in [0, 0.1) is 29.1 Å². The van der Waals surface area contributed by atoms with E-state index in [4.69, 9.17) is 65.4 Å². The monoisotopic (exact) mass is 1760 g/mol. The van der Waals surface area contributed by atoms with Crippen LogP contribution in [0.3, 0.4) is 0 Å². The maximum absolute atomic E-state index is 14.4. The molecule has 0 saturated carbocycles. The number of quaternary nitrogens is 1. The summed E-state index contributed by atoms with van der Waals surface area (Å²) in [5.41, 5.74) is 6.08. The van der Waals surface area contributed by atoms with Crippen LogP contribution >= 0.6 is 48.7 Å². The van der Waals surface area contributed by atoms with Crippen LogP contribution < -0.4 is 47.4 Å². The summed E-state index contributed by atoms with van der Waals surface area (Å²) in [6.45, 7) is 26.0. The molecule has 0 fully saturated rings. The van der Waals surface area contributed by atoms with E-state index in [2.05, 4.69) is 26.0 Å². The van der Waals surface area contributed by atoms with Gasteiger partial charge in [0, 0.05) is 41.7 Å². The van der Waals surface area contributed by atoms with Crippen molar-refractivity contribution in [2.45, 2.75) is 234 Å². The minimum atomic E-state index is -5.07. The van der Waals surface area contributed by atoms with Crippen LogP contribution in [0.15, 0.2) is 182 Å². The van der Waals surface area contributed by atoms with Crippen molar-refractivity contribution in [3.63, 3.8) is 0 Å². The van der Waals surface area contributed by atoms with Gasteiger partial charge in [0.05, 0.1) is 6.10 Å². The summed E-state index contributed by atoms with van der Waals surface area (Å²) >= 11 is 10.3. The number of hydrogen-bond donors (Lipinski definition) is 6. The summed E-state index contributed by atoms with van der Waals surface area (Å²) in [6, 6.07) is 49.1. The third kappa shape index (κ3) is 45.9. The number of aliphatic carboxylic acids is 1. The van der Waals surface area contributed by atoms with E-state index < -0.39 is 114 Å². The number of aliphatic hydroxyl groups excluding tert-OH is 1. The van der Waals surface area contributed by atoms with Gasteiger partial charge in [-0.1, -0.05) is 213 Å². The van der Waals surface area contributed by atoms with Gasteiger partial charge in [-0.2, -0.15) is 13.9 Å². The van der Waals surface area contributed by atoms with Crippen molar-refractivity contribution in [1.82, 2.24) is 15.7 Å². The summed E-state index contributed by atoms with van der Waals surface area (Å²) in [5, 5.41) is 25.1. The largest absolute Gasteiger partial charge is 1.00 e. The van der Waals surface area contributed by atoms with E-state index in [9.17, 15) is 59.8 Å². The third-order valence-electron chi connectivity index (χ3n) is 15.9. The molecule has 7 rings (SSSR count). The Labute approximate surface area is 706 Å². The van der Waals surface area contributed by atoms with Crippen molar-refractivity contribution in [1.29, 1.82) is 0 Å². The molecule has 8 N–H and O–H groups in total. The minimum Gasteiger partial charge on any atom is -1.00 e. The Bertz CT molecular complexity index is 4060. The van der Waals surface area contributed by atoms with Crippen LogP contribution in [0.4, 0.5) is 31.5 Å². The molecule has 2 amide bonds. The molecule has 0 saturated heterocycles. The molecule has 0 aliphatic carbocycles. The number of carbonyl (C=O) groups excluding carboxylic acids is 5. The summed E-state index contributed by atoms with van der Waals surface area (Å²) in [5.74, 6) is -15.9.